The fourth-order valence-corrected chi connectivity index (χ4v) is 3.03. The predicted molar refractivity (Wildman–Crippen MR) is 80.6 cm³/mol. The second-order valence-electron chi connectivity index (χ2n) is 4.77. The molecule has 0 N–H and O–H groups in total. The Morgan fingerprint density at radius 3 is 2.65 bits per heavy atom. The van der Waals surface area contributed by atoms with E-state index in [9.17, 15) is 0 Å². The summed E-state index contributed by atoms with van der Waals surface area (Å²) in [6, 6.07) is 11.8. The zero-order valence-electron chi connectivity index (χ0n) is 11.0. The largest absolute Gasteiger partial charge is 0.497 e. The van der Waals surface area contributed by atoms with Crippen LogP contribution in [-0.4, -0.2) is 7.11 Å². The highest BCUT2D eigenvalue weighted by Gasteiger charge is 2.18. The molecule has 1 aliphatic heterocycles. The van der Waals surface area contributed by atoms with Crippen LogP contribution in [0, 0.1) is 0 Å². The molecule has 2 nitrogen and oxygen atoms in total. The summed E-state index contributed by atoms with van der Waals surface area (Å²) in [6.45, 7) is 1.34. The molecule has 1 atom stereocenters. The molecule has 2 aromatic rings. The third-order valence-electron chi connectivity index (χ3n) is 3.52. The van der Waals surface area contributed by atoms with E-state index in [-0.39, 0.29) is 5.38 Å². The second kappa shape index (κ2) is 5.65. The quantitative estimate of drug-likeness (QED) is 0.765. The van der Waals surface area contributed by atoms with Crippen molar-refractivity contribution in [1.29, 1.82) is 0 Å². The third-order valence-corrected chi connectivity index (χ3v) is 4.33. The molecule has 1 aliphatic rings. The van der Waals surface area contributed by atoms with Crippen LogP contribution < -0.4 is 4.74 Å². The number of alkyl halides is 1. The Kier molecular flexibility index (Phi) is 3.88. The number of methoxy groups -OCH3 is 1. The summed E-state index contributed by atoms with van der Waals surface area (Å²) < 4.78 is 10.6. The molecule has 1 heterocycles. The highest BCUT2D eigenvalue weighted by molar-refractivity contribution is 6.33. The maximum atomic E-state index is 6.57. The van der Waals surface area contributed by atoms with Gasteiger partial charge in [0.15, 0.2) is 0 Å². The SMILES string of the molecule is COc1ccc(C(Cl)c2ccc3c(c2)COC3)c(Cl)c1. The van der Waals surface area contributed by atoms with Gasteiger partial charge in [-0.3, -0.25) is 0 Å². The van der Waals surface area contributed by atoms with Crippen molar-refractivity contribution in [3.05, 3.63) is 63.7 Å². The van der Waals surface area contributed by atoms with Crippen LogP contribution in [0.15, 0.2) is 36.4 Å². The van der Waals surface area contributed by atoms with Crippen LogP contribution in [0.3, 0.4) is 0 Å². The fraction of sp³-hybridized carbons (Fsp3) is 0.250. The lowest BCUT2D eigenvalue weighted by Gasteiger charge is -2.14. The van der Waals surface area contributed by atoms with E-state index >= 15 is 0 Å². The summed E-state index contributed by atoms with van der Waals surface area (Å²) in [5.41, 5.74) is 4.35. The second-order valence-corrected chi connectivity index (χ2v) is 5.61. The molecule has 3 rings (SSSR count). The zero-order valence-corrected chi connectivity index (χ0v) is 12.5. The summed E-state index contributed by atoms with van der Waals surface area (Å²) in [6.07, 6.45) is 0. The van der Waals surface area contributed by atoms with E-state index in [0.717, 1.165) is 16.9 Å². The highest BCUT2D eigenvalue weighted by atomic mass is 35.5. The van der Waals surface area contributed by atoms with E-state index in [1.807, 2.05) is 18.2 Å². The first-order valence-electron chi connectivity index (χ1n) is 6.36. The number of rotatable bonds is 3. The van der Waals surface area contributed by atoms with Crippen LogP contribution in [0.4, 0.5) is 0 Å². The van der Waals surface area contributed by atoms with Crippen LogP contribution in [0.1, 0.15) is 27.6 Å². The summed E-state index contributed by atoms with van der Waals surface area (Å²) in [5.74, 6) is 0.727. The average Bonchev–Trinajstić information content (AvgIpc) is 2.93. The van der Waals surface area contributed by atoms with Crippen LogP contribution >= 0.6 is 23.2 Å². The summed E-state index contributed by atoms with van der Waals surface area (Å²) >= 11 is 12.8. The topological polar surface area (TPSA) is 18.5 Å². The van der Waals surface area contributed by atoms with E-state index < -0.39 is 0 Å². The smallest absolute Gasteiger partial charge is 0.120 e. The van der Waals surface area contributed by atoms with E-state index in [1.54, 1.807) is 13.2 Å². The number of fused-ring (bicyclic) bond motifs is 1. The van der Waals surface area contributed by atoms with Crippen molar-refractivity contribution in [2.75, 3.05) is 7.11 Å². The molecule has 0 amide bonds. The molecular formula is C16H14Cl2O2. The van der Waals surface area contributed by atoms with Crippen molar-refractivity contribution in [3.63, 3.8) is 0 Å². The normalized spacial score (nSPS) is 14.9. The third kappa shape index (κ3) is 2.51. The minimum atomic E-state index is -0.278. The molecule has 0 aliphatic carbocycles. The van der Waals surface area contributed by atoms with Gasteiger partial charge in [-0.2, -0.15) is 0 Å². The summed E-state index contributed by atoms with van der Waals surface area (Å²) in [7, 11) is 1.62. The van der Waals surface area contributed by atoms with E-state index in [2.05, 4.69) is 12.1 Å². The van der Waals surface area contributed by atoms with Gasteiger partial charge in [0.1, 0.15) is 5.75 Å². The van der Waals surface area contributed by atoms with Crippen LogP contribution in [0.25, 0.3) is 0 Å². The first-order valence-corrected chi connectivity index (χ1v) is 7.17. The van der Waals surface area contributed by atoms with Gasteiger partial charge in [-0.25, -0.2) is 0 Å². The molecule has 104 valence electrons. The lowest BCUT2D eigenvalue weighted by molar-refractivity contribution is 0.134. The van der Waals surface area contributed by atoms with Gasteiger partial charge in [0, 0.05) is 5.02 Å². The minimum absolute atomic E-state index is 0.278. The molecule has 0 radical (unpaired) electrons. The van der Waals surface area contributed by atoms with Gasteiger partial charge in [-0.05, 0) is 34.4 Å². The number of hydrogen-bond acceptors (Lipinski definition) is 2. The standard InChI is InChI=1S/C16H14Cl2O2/c1-19-13-4-5-14(15(17)7-13)16(18)10-2-3-11-8-20-9-12(11)6-10/h2-7,16H,8-9H2,1H3. The van der Waals surface area contributed by atoms with Crippen molar-refractivity contribution in [2.24, 2.45) is 0 Å². The monoisotopic (exact) mass is 308 g/mol. The van der Waals surface area contributed by atoms with Crippen molar-refractivity contribution in [1.82, 2.24) is 0 Å². The van der Waals surface area contributed by atoms with Crippen molar-refractivity contribution < 1.29 is 9.47 Å². The van der Waals surface area contributed by atoms with Gasteiger partial charge in [0.2, 0.25) is 0 Å². The van der Waals surface area contributed by atoms with Crippen molar-refractivity contribution in [3.8, 4) is 5.75 Å². The number of ether oxygens (including phenoxy) is 2. The van der Waals surface area contributed by atoms with E-state index in [4.69, 9.17) is 32.7 Å². The molecule has 0 bridgehead atoms. The van der Waals surface area contributed by atoms with Gasteiger partial charge in [0.05, 0.1) is 25.7 Å². The van der Waals surface area contributed by atoms with Gasteiger partial charge >= 0.3 is 0 Å². The fourth-order valence-electron chi connectivity index (χ4n) is 2.37. The van der Waals surface area contributed by atoms with Gasteiger partial charge < -0.3 is 9.47 Å². The summed E-state index contributed by atoms with van der Waals surface area (Å²) in [5, 5.41) is 0.334. The minimum Gasteiger partial charge on any atom is -0.497 e. The zero-order chi connectivity index (χ0) is 14.1. The summed E-state index contributed by atoms with van der Waals surface area (Å²) in [4.78, 5) is 0. The molecule has 0 aromatic heterocycles. The van der Waals surface area contributed by atoms with Gasteiger partial charge in [-0.15, -0.1) is 11.6 Å². The lowest BCUT2D eigenvalue weighted by atomic mass is 10.00. The van der Waals surface area contributed by atoms with E-state index in [1.165, 1.54) is 11.1 Å². The molecule has 0 fully saturated rings. The predicted octanol–water partition coefficient (Wildman–Crippen LogP) is 4.71. The maximum absolute atomic E-state index is 6.57. The molecule has 0 saturated heterocycles. The molecular weight excluding hydrogens is 295 g/mol. The first kappa shape index (κ1) is 13.7. The molecule has 20 heavy (non-hydrogen) atoms. The van der Waals surface area contributed by atoms with Crippen molar-refractivity contribution >= 4 is 23.2 Å². The Balaban J connectivity index is 1.94. The maximum Gasteiger partial charge on any atom is 0.120 e. The Hall–Kier alpha value is -1.22. The Morgan fingerprint density at radius 2 is 1.90 bits per heavy atom. The number of benzene rings is 2. The molecule has 2 aromatic carbocycles. The lowest BCUT2D eigenvalue weighted by Crippen LogP contribution is -1.97. The van der Waals surface area contributed by atoms with Crippen molar-refractivity contribution in [2.45, 2.75) is 18.6 Å². The Labute approximate surface area is 128 Å². The number of hydrogen-bond donors (Lipinski definition) is 0. The first-order chi connectivity index (χ1) is 9.69. The Bertz CT molecular complexity index is 640. The van der Waals surface area contributed by atoms with Crippen LogP contribution in [0.2, 0.25) is 5.02 Å². The van der Waals surface area contributed by atoms with Crippen LogP contribution in [0.5, 0.6) is 5.75 Å². The highest BCUT2D eigenvalue weighted by Crippen LogP contribution is 2.36. The van der Waals surface area contributed by atoms with Crippen LogP contribution in [-0.2, 0) is 18.0 Å². The van der Waals surface area contributed by atoms with E-state index in [0.29, 0.717) is 18.2 Å². The molecule has 1 unspecified atom stereocenters. The molecule has 4 heteroatoms. The molecule has 0 saturated carbocycles. The van der Waals surface area contributed by atoms with Gasteiger partial charge in [0.25, 0.3) is 0 Å². The average molecular weight is 309 g/mol. The van der Waals surface area contributed by atoms with Gasteiger partial charge in [-0.1, -0.05) is 35.9 Å². The number of halogens is 2. The Morgan fingerprint density at radius 1 is 1.10 bits per heavy atom. The molecule has 0 spiro atoms.